The van der Waals surface area contributed by atoms with E-state index in [4.69, 9.17) is 9.47 Å². The lowest BCUT2D eigenvalue weighted by Crippen LogP contribution is -2.16. The zero-order valence-electron chi connectivity index (χ0n) is 14.2. The summed E-state index contributed by atoms with van der Waals surface area (Å²) in [6.45, 7) is 0. The molecule has 0 saturated carbocycles. The molecule has 134 valence electrons. The molecule has 1 heterocycles. The standard InChI is InChI=1S/C18H17FN4O3/c1-25-14-8-7-12(9-15(14)26-2)17-21-18(23-22-17)20-16(24)10-11-5-3-4-6-13(11)19/h3-9H,10H2,1-2H3,(H2,20,21,22,23,24). The molecule has 2 aromatic carbocycles. The molecule has 1 aromatic heterocycles. The number of H-pyrrole nitrogens is 1. The Morgan fingerprint density at radius 3 is 2.65 bits per heavy atom. The van der Waals surface area contributed by atoms with Crippen LogP contribution in [0.4, 0.5) is 10.3 Å². The van der Waals surface area contributed by atoms with Crippen LogP contribution in [0.25, 0.3) is 11.4 Å². The number of nitrogens with zero attached hydrogens (tertiary/aromatic N) is 2. The first-order valence-electron chi connectivity index (χ1n) is 7.78. The van der Waals surface area contributed by atoms with Crippen LogP contribution in [-0.2, 0) is 11.2 Å². The predicted octanol–water partition coefficient (Wildman–Crippen LogP) is 2.81. The second-order valence-corrected chi connectivity index (χ2v) is 5.39. The van der Waals surface area contributed by atoms with Gasteiger partial charge in [-0.05, 0) is 29.8 Å². The summed E-state index contributed by atoms with van der Waals surface area (Å²) in [5.74, 6) is 0.862. The monoisotopic (exact) mass is 356 g/mol. The summed E-state index contributed by atoms with van der Waals surface area (Å²) in [4.78, 5) is 16.3. The van der Waals surface area contributed by atoms with Crippen LogP contribution in [0, 0.1) is 5.82 Å². The van der Waals surface area contributed by atoms with Gasteiger partial charge in [-0.15, -0.1) is 5.10 Å². The second-order valence-electron chi connectivity index (χ2n) is 5.39. The van der Waals surface area contributed by atoms with Gasteiger partial charge >= 0.3 is 0 Å². The van der Waals surface area contributed by atoms with E-state index >= 15 is 0 Å². The van der Waals surface area contributed by atoms with Crippen molar-refractivity contribution in [2.45, 2.75) is 6.42 Å². The number of anilines is 1. The second kappa shape index (κ2) is 7.64. The van der Waals surface area contributed by atoms with Gasteiger partial charge in [0.2, 0.25) is 11.9 Å². The van der Waals surface area contributed by atoms with Crippen molar-refractivity contribution in [2.75, 3.05) is 19.5 Å². The highest BCUT2D eigenvalue weighted by molar-refractivity contribution is 5.90. The molecule has 7 nitrogen and oxygen atoms in total. The molecule has 0 fully saturated rings. The average Bonchev–Trinajstić information content (AvgIpc) is 3.11. The summed E-state index contributed by atoms with van der Waals surface area (Å²) in [6.07, 6.45) is -0.104. The van der Waals surface area contributed by atoms with E-state index in [2.05, 4.69) is 20.5 Å². The third kappa shape index (κ3) is 3.80. The van der Waals surface area contributed by atoms with Crippen molar-refractivity contribution in [3.63, 3.8) is 0 Å². The van der Waals surface area contributed by atoms with Gasteiger partial charge in [-0.25, -0.2) is 4.39 Å². The number of methoxy groups -OCH3 is 2. The summed E-state index contributed by atoms with van der Waals surface area (Å²) in [7, 11) is 3.09. The van der Waals surface area contributed by atoms with Gasteiger partial charge in [-0.2, -0.15) is 4.98 Å². The van der Waals surface area contributed by atoms with Crippen molar-refractivity contribution in [2.24, 2.45) is 0 Å². The highest BCUT2D eigenvalue weighted by atomic mass is 19.1. The molecule has 0 saturated heterocycles. The first-order chi connectivity index (χ1) is 12.6. The Kier molecular flexibility index (Phi) is 5.12. The Hall–Kier alpha value is -3.42. The molecule has 0 spiro atoms. The van der Waals surface area contributed by atoms with Gasteiger partial charge in [0.25, 0.3) is 0 Å². The van der Waals surface area contributed by atoms with Crippen LogP contribution in [0.1, 0.15) is 5.56 Å². The molecular weight excluding hydrogens is 339 g/mol. The summed E-state index contributed by atoms with van der Waals surface area (Å²) in [6, 6.07) is 11.4. The van der Waals surface area contributed by atoms with Crippen LogP contribution in [0.2, 0.25) is 0 Å². The third-order valence-electron chi connectivity index (χ3n) is 3.70. The number of carbonyl (C=O) groups is 1. The Balaban J connectivity index is 1.72. The minimum absolute atomic E-state index is 0.104. The lowest BCUT2D eigenvalue weighted by atomic mass is 10.1. The number of nitrogens with one attached hydrogen (secondary N) is 2. The lowest BCUT2D eigenvalue weighted by Gasteiger charge is -2.07. The lowest BCUT2D eigenvalue weighted by molar-refractivity contribution is -0.115. The van der Waals surface area contributed by atoms with Gasteiger partial charge in [0.1, 0.15) is 5.82 Å². The van der Waals surface area contributed by atoms with Crippen molar-refractivity contribution in [3.8, 4) is 22.9 Å². The number of rotatable bonds is 6. The van der Waals surface area contributed by atoms with Crippen molar-refractivity contribution >= 4 is 11.9 Å². The zero-order valence-corrected chi connectivity index (χ0v) is 14.2. The van der Waals surface area contributed by atoms with Crippen LogP contribution in [0.5, 0.6) is 11.5 Å². The number of halogens is 1. The van der Waals surface area contributed by atoms with E-state index < -0.39 is 11.7 Å². The van der Waals surface area contributed by atoms with E-state index in [1.165, 1.54) is 13.2 Å². The number of aromatic nitrogens is 3. The minimum atomic E-state index is -0.427. The zero-order chi connectivity index (χ0) is 18.5. The summed E-state index contributed by atoms with van der Waals surface area (Å²) in [5, 5.41) is 9.25. The number of hydrogen-bond donors (Lipinski definition) is 2. The van der Waals surface area contributed by atoms with Crippen molar-refractivity contribution in [3.05, 3.63) is 53.8 Å². The van der Waals surface area contributed by atoms with Crippen molar-refractivity contribution in [1.29, 1.82) is 0 Å². The molecule has 3 aromatic rings. The van der Waals surface area contributed by atoms with Crippen molar-refractivity contribution < 1.29 is 18.7 Å². The Bertz CT molecular complexity index is 926. The van der Waals surface area contributed by atoms with E-state index in [1.54, 1.807) is 43.5 Å². The highest BCUT2D eigenvalue weighted by Crippen LogP contribution is 2.31. The quantitative estimate of drug-likeness (QED) is 0.709. The Morgan fingerprint density at radius 2 is 1.92 bits per heavy atom. The van der Waals surface area contributed by atoms with Gasteiger partial charge < -0.3 is 9.47 Å². The summed E-state index contributed by atoms with van der Waals surface area (Å²) >= 11 is 0. The number of aromatic amines is 1. The average molecular weight is 356 g/mol. The predicted molar refractivity (Wildman–Crippen MR) is 93.7 cm³/mol. The SMILES string of the molecule is COc1ccc(-c2nc(NC(=O)Cc3ccccc3F)n[nH]2)cc1OC. The molecule has 8 heteroatoms. The van der Waals surface area contributed by atoms with Crippen LogP contribution in [-0.4, -0.2) is 35.3 Å². The highest BCUT2D eigenvalue weighted by Gasteiger charge is 2.13. The van der Waals surface area contributed by atoms with E-state index in [1.807, 2.05) is 0 Å². The van der Waals surface area contributed by atoms with Gasteiger partial charge in [0, 0.05) is 5.56 Å². The molecule has 26 heavy (non-hydrogen) atoms. The van der Waals surface area contributed by atoms with Gasteiger partial charge in [-0.1, -0.05) is 18.2 Å². The Labute approximate surface area is 149 Å². The molecule has 0 radical (unpaired) electrons. The molecule has 0 aliphatic heterocycles. The van der Waals surface area contributed by atoms with E-state index in [9.17, 15) is 9.18 Å². The maximum absolute atomic E-state index is 13.6. The molecule has 2 N–H and O–H groups in total. The summed E-state index contributed by atoms with van der Waals surface area (Å²) < 4.78 is 24.1. The molecule has 0 bridgehead atoms. The van der Waals surface area contributed by atoms with E-state index in [0.717, 1.165) is 0 Å². The number of benzene rings is 2. The smallest absolute Gasteiger partial charge is 0.249 e. The maximum Gasteiger partial charge on any atom is 0.249 e. The number of amides is 1. The maximum atomic E-state index is 13.6. The summed E-state index contributed by atoms with van der Waals surface area (Å²) in [5.41, 5.74) is 1.02. The Morgan fingerprint density at radius 1 is 1.15 bits per heavy atom. The molecule has 3 rings (SSSR count). The van der Waals surface area contributed by atoms with Gasteiger partial charge in [0.05, 0.1) is 20.6 Å². The molecule has 0 atom stereocenters. The molecule has 0 unspecified atom stereocenters. The molecular formula is C18H17FN4O3. The first kappa shape index (κ1) is 17.4. The van der Waals surface area contributed by atoms with Crippen LogP contribution in [0.15, 0.2) is 42.5 Å². The number of ether oxygens (including phenoxy) is 2. The normalized spacial score (nSPS) is 10.4. The van der Waals surface area contributed by atoms with Gasteiger partial charge in [0.15, 0.2) is 17.3 Å². The van der Waals surface area contributed by atoms with Gasteiger partial charge in [-0.3, -0.25) is 15.2 Å². The third-order valence-corrected chi connectivity index (χ3v) is 3.70. The van der Waals surface area contributed by atoms with E-state index in [0.29, 0.717) is 28.5 Å². The first-order valence-corrected chi connectivity index (χ1v) is 7.78. The van der Waals surface area contributed by atoms with Crippen LogP contribution >= 0.6 is 0 Å². The fourth-order valence-corrected chi connectivity index (χ4v) is 2.41. The number of carbonyl (C=O) groups excluding carboxylic acids is 1. The van der Waals surface area contributed by atoms with Crippen LogP contribution < -0.4 is 14.8 Å². The topological polar surface area (TPSA) is 89.1 Å². The van der Waals surface area contributed by atoms with E-state index in [-0.39, 0.29) is 12.4 Å². The largest absolute Gasteiger partial charge is 0.493 e. The number of hydrogen-bond acceptors (Lipinski definition) is 5. The van der Waals surface area contributed by atoms with Crippen LogP contribution in [0.3, 0.4) is 0 Å². The van der Waals surface area contributed by atoms with Crippen molar-refractivity contribution in [1.82, 2.24) is 15.2 Å². The molecule has 0 aliphatic carbocycles. The molecule has 1 amide bonds. The fourth-order valence-electron chi connectivity index (χ4n) is 2.41. The fraction of sp³-hybridized carbons (Fsp3) is 0.167. The molecule has 0 aliphatic rings. The minimum Gasteiger partial charge on any atom is -0.493 e.